The number of para-hydroxylation sites is 1. The van der Waals surface area contributed by atoms with Gasteiger partial charge in [0, 0.05) is 29.2 Å². The topological polar surface area (TPSA) is 69.0 Å². The van der Waals surface area contributed by atoms with Crippen molar-refractivity contribution in [1.82, 2.24) is 14.5 Å². The van der Waals surface area contributed by atoms with E-state index in [0.717, 1.165) is 28.2 Å². The largest absolute Gasteiger partial charge is 0.487 e. The molecular formula is C27H22N4O2. The number of hydrogen-bond acceptors (Lipinski definition) is 4. The zero-order valence-electron chi connectivity index (χ0n) is 18.1. The van der Waals surface area contributed by atoms with Crippen molar-refractivity contribution < 1.29 is 9.53 Å². The van der Waals surface area contributed by atoms with Crippen molar-refractivity contribution in [3.05, 3.63) is 114 Å². The van der Waals surface area contributed by atoms with E-state index in [1.807, 2.05) is 91.9 Å². The fourth-order valence-corrected chi connectivity index (χ4v) is 3.75. The average Bonchev–Trinajstić information content (AvgIpc) is 3.19. The lowest BCUT2D eigenvalue weighted by Gasteiger charge is -2.10. The lowest BCUT2D eigenvalue weighted by molar-refractivity contribution is 0.102. The van der Waals surface area contributed by atoms with E-state index < -0.39 is 0 Å². The van der Waals surface area contributed by atoms with Crippen molar-refractivity contribution in [1.29, 1.82) is 0 Å². The Morgan fingerprint density at radius 2 is 1.79 bits per heavy atom. The zero-order chi connectivity index (χ0) is 22.6. The molecule has 2 aromatic heterocycles. The Kier molecular flexibility index (Phi) is 5.55. The highest BCUT2D eigenvalue weighted by Gasteiger charge is 2.13. The number of pyridine rings is 1. The van der Waals surface area contributed by atoms with E-state index in [1.54, 1.807) is 12.3 Å². The van der Waals surface area contributed by atoms with E-state index in [9.17, 15) is 4.79 Å². The Hall–Kier alpha value is -4.45. The average molecular weight is 434 g/mol. The fraction of sp³-hybridized carbons (Fsp3) is 0.0741. The second-order valence-corrected chi connectivity index (χ2v) is 7.63. The number of anilines is 1. The zero-order valence-corrected chi connectivity index (χ0v) is 18.1. The molecule has 2 heterocycles. The second-order valence-electron chi connectivity index (χ2n) is 7.63. The highest BCUT2D eigenvalue weighted by atomic mass is 16.5. The molecule has 0 saturated carbocycles. The van der Waals surface area contributed by atoms with Crippen LogP contribution in [0.3, 0.4) is 0 Å². The minimum atomic E-state index is -0.203. The number of amides is 1. The maximum Gasteiger partial charge on any atom is 0.255 e. The van der Waals surface area contributed by atoms with Gasteiger partial charge in [-0.05, 0) is 61.5 Å². The third-order valence-corrected chi connectivity index (χ3v) is 5.30. The summed E-state index contributed by atoms with van der Waals surface area (Å²) < 4.78 is 7.89. The van der Waals surface area contributed by atoms with Crippen LogP contribution in [-0.4, -0.2) is 20.4 Å². The summed E-state index contributed by atoms with van der Waals surface area (Å²) in [6.07, 6.45) is 1.73. The molecule has 5 aromatic rings. The summed E-state index contributed by atoms with van der Waals surface area (Å²) in [5, 5.41) is 2.95. The van der Waals surface area contributed by atoms with Gasteiger partial charge in [0.1, 0.15) is 18.2 Å². The third kappa shape index (κ3) is 4.45. The Balaban J connectivity index is 1.33. The summed E-state index contributed by atoms with van der Waals surface area (Å²) in [6.45, 7) is 2.32. The van der Waals surface area contributed by atoms with Crippen LogP contribution in [0.15, 0.2) is 97.2 Å². The van der Waals surface area contributed by atoms with Gasteiger partial charge in [-0.25, -0.2) is 4.98 Å². The van der Waals surface area contributed by atoms with E-state index in [4.69, 9.17) is 4.74 Å². The van der Waals surface area contributed by atoms with Crippen LogP contribution in [0, 0.1) is 6.92 Å². The number of aryl methyl sites for hydroxylation is 1. The minimum Gasteiger partial charge on any atom is -0.487 e. The number of aromatic nitrogens is 3. The van der Waals surface area contributed by atoms with Crippen LogP contribution >= 0.6 is 0 Å². The van der Waals surface area contributed by atoms with Crippen molar-refractivity contribution in [3.63, 3.8) is 0 Å². The Labute approximate surface area is 191 Å². The number of imidazole rings is 1. The first-order chi connectivity index (χ1) is 16.2. The third-order valence-electron chi connectivity index (χ3n) is 5.30. The van der Waals surface area contributed by atoms with Gasteiger partial charge in [0.15, 0.2) is 0 Å². The van der Waals surface area contributed by atoms with Crippen LogP contribution in [0.5, 0.6) is 5.75 Å². The van der Waals surface area contributed by atoms with Crippen molar-refractivity contribution in [2.45, 2.75) is 13.5 Å². The van der Waals surface area contributed by atoms with E-state index in [0.29, 0.717) is 23.6 Å². The first-order valence-electron chi connectivity index (χ1n) is 10.7. The quantitative estimate of drug-likeness (QED) is 0.380. The maximum atomic E-state index is 12.9. The highest BCUT2D eigenvalue weighted by Crippen LogP contribution is 2.23. The second kappa shape index (κ2) is 8.96. The molecule has 0 radical (unpaired) electrons. The van der Waals surface area contributed by atoms with E-state index in [2.05, 4.69) is 19.9 Å². The molecule has 0 atom stereocenters. The summed E-state index contributed by atoms with van der Waals surface area (Å²) in [4.78, 5) is 21.8. The summed E-state index contributed by atoms with van der Waals surface area (Å²) in [5.74, 6) is 1.32. The monoisotopic (exact) mass is 434 g/mol. The highest BCUT2D eigenvalue weighted by molar-refractivity contribution is 6.06. The van der Waals surface area contributed by atoms with Crippen molar-refractivity contribution in [2.24, 2.45) is 0 Å². The molecule has 162 valence electrons. The molecular weight excluding hydrogens is 412 g/mol. The van der Waals surface area contributed by atoms with Gasteiger partial charge in [-0.2, -0.15) is 0 Å². The molecule has 6 nitrogen and oxygen atoms in total. The van der Waals surface area contributed by atoms with Crippen LogP contribution in [0.4, 0.5) is 5.69 Å². The number of ether oxygens (including phenoxy) is 1. The summed E-state index contributed by atoms with van der Waals surface area (Å²) >= 11 is 0. The number of hydrogen-bond donors (Lipinski definition) is 1. The molecule has 0 spiro atoms. The van der Waals surface area contributed by atoms with Gasteiger partial charge >= 0.3 is 0 Å². The Morgan fingerprint density at radius 1 is 0.939 bits per heavy atom. The molecule has 0 bridgehead atoms. The molecule has 0 fully saturated rings. The molecule has 1 amide bonds. The van der Waals surface area contributed by atoms with Crippen LogP contribution in [-0.2, 0) is 6.61 Å². The first-order valence-corrected chi connectivity index (χ1v) is 10.7. The van der Waals surface area contributed by atoms with Gasteiger partial charge in [-0.1, -0.05) is 30.3 Å². The van der Waals surface area contributed by atoms with Gasteiger partial charge in [-0.3, -0.25) is 14.3 Å². The molecule has 0 unspecified atom stereocenters. The summed E-state index contributed by atoms with van der Waals surface area (Å²) in [5.41, 5.74) is 4.81. The maximum absolute atomic E-state index is 12.9. The molecule has 33 heavy (non-hydrogen) atoms. The predicted molar refractivity (Wildman–Crippen MR) is 129 cm³/mol. The lowest BCUT2D eigenvalue weighted by atomic mass is 10.1. The van der Waals surface area contributed by atoms with Gasteiger partial charge in [0.05, 0.1) is 16.7 Å². The number of rotatable bonds is 6. The summed E-state index contributed by atoms with van der Waals surface area (Å²) in [6, 6.07) is 28.6. The predicted octanol–water partition coefficient (Wildman–Crippen LogP) is 5.56. The fourth-order valence-electron chi connectivity index (χ4n) is 3.75. The van der Waals surface area contributed by atoms with Gasteiger partial charge in [0.2, 0.25) is 0 Å². The number of carbonyl (C=O) groups excluding carboxylic acids is 1. The minimum absolute atomic E-state index is 0.203. The molecule has 0 saturated heterocycles. The molecule has 3 aromatic carbocycles. The van der Waals surface area contributed by atoms with E-state index in [-0.39, 0.29) is 5.91 Å². The van der Waals surface area contributed by atoms with Crippen molar-refractivity contribution in [2.75, 3.05) is 5.32 Å². The number of nitrogens with one attached hydrogen (secondary N) is 1. The lowest BCUT2D eigenvalue weighted by Crippen LogP contribution is -2.12. The number of nitrogens with zero attached hydrogens (tertiary/aromatic N) is 3. The van der Waals surface area contributed by atoms with Crippen LogP contribution < -0.4 is 10.1 Å². The molecule has 0 aliphatic carbocycles. The number of fused-ring (bicyclic) bond motifs is 1. The van der Waals surface area contributed by atoms with Crippen LogP contribution in [0.1, 0.15) is 21.9 Å². The van der Waals surface area contributed by atoms with Crippen molar-refractivity contribution in [3.8, 4) is 11.4 Å². The number of carbonyl (C=O) groups is 1. The molecule has 0 aliphatic heterocycles. The molecule has 6 heteroatoms. The SMILES string of the molecule is Cc1nc2cc(C(=O)Nc3cccc(OCc4ccccn4)c3)ccc2n1-c1ccccc1. The molecule has 0 aliphatic rings. The van der Waals surface area contributed by atoms with Crippen LogP contribution in [0.25, 0.3) is 16.7 Å². The Morgan fingerprint density at radius 3 is 2.61 bits per heavy atom. The van der Waals surface area contributed by atoms with E-state index in [1.165, 1.54) is 0 Å². The van der Waals surface area contributed by atoms with Gasteiger partial charge < -0.3 is 10.1 Å². The van der Waals surface area contributed by atoms with Gasteiger partial charge in [-0.15, -0.1) is 0 Å². The normalized spacial score (nSPS) is 10.8. The summed E-state index contributed by atoms with van der Waals surface area (Å²) in [7, 11) is 0. The van der Waals surface area contributed by atoms with Crippen molar-refractivity contribution >= 4 is 22.6 Å². The van der Waals surface area contributed by atoms with Crippen LogP contribution in [0.2, 0.25) is 0 Å². The molecule has 5 rings (SSSR count). The Bertz CT molecular complexity index is 1410. The molecule has 1 N–H and O–H groups in total. The van der Waals surface area contributed by atoms with E-state index >= 15 is 0 Å². The smallest absolute Gasteiger partial charge is 0.255 e. The first kappa shape index (κ1) is 20.5. The standard InChI is InChI=1S/C27H22N4O2/c1-19-29-25-16-20(13-14-26(25)31(19)23-10-3-2-4-11-23)27(32)30-21-9-7-12-24(17-21)33-18-22-8-5-6-15-28-22/h2-17H,18H2,1H3,(H,30,32). The number of benzene rings is 3. The van der Waals surface area contributed by atoms with Gasteiger partial charge in [0.25, 0.3) is 5.91 Å².